The van der Waals surface area contributed by atoms with Gasteiger partial charge in [0.2, 0.25) is 0 Å². The third kappa shape index (κ3) is 6.72. The van der Waals surface area contributed by atoms with Crippen LogP contribution in [0.25, 0.3) is 0 Å². The molecule has 2 unspecified atom stereocenters. The Morgan fingerprint density at radius 3 is 2.65 bits per heavy atom. The summed E-state index contributed by atoms with van der Waals surface area (Å²) in [5, 5.41) is 14.4. The first kappa shape index (κ1) is 16.7. The van der Waals surface area contributed by atoms with Crippen molar-refractivity contribution in [3.63, 3.8) is 0 Å². The van der Waals surface area contributed by atoms with E-state index in [1.807, 2.05) is 19.0 Å². The Balaban J connectivity index is 2.02. The number of carbonyl (C=O) groups excluding carboxylic acids is 1. The zero-order valence-corrected chi connectivity index (χ0v) is 12.2. The number of rotatable bonds is 8. The van der Waals surface area contributed by atoms with E-state index in [1.165, 1.54) is 0 Å². The molecule has 0 aromatic carbocycles. The lowest BCUT2D eigenvalue weighted by atomic mass is 10.1. The van der Waals surface area contributed by atoms with Crippen molar-refractivity contribution in [2.45, 2.75) is 25.3 Å². The van der Waals surface area contributed by atoms with Crippen LogP contribution in [0.5, 0.6) is 0 Å². The number of nitrogens with zero attached hydrogens (tertiary/aromatic N) is 1. The Kier molecular flexibility index (Phi) is 7.32. The molecule has 1 aliphatic rings. The summed E-state index contributed by atoms with van der Waals surface area (Å²) in [6.45, 7) is 2.42. The molecule has 0 aliphatic heterocycles. The number of carboxylic acid groups (broad SMARTS) is 1. The van der Waals surface area contributed by atoms with Crippen LogP contribution in [0, 0.1) is 5.92 Å². The highest BCUT2D eigenvalue weighted by Gasteiger charge is 2.30. The Bertz CT molecular complexity index is 323. The SMILES string of the molecule is CN(C)CCOCCNC(=O)NC1CCC(C(=O)O)C1. The molecule has 0 saturated heterocycles. The van der Waals surface area contributed by atoms with Crippen LogP contribution < -0.4 is 10.6 Å². The van der Waals surface area contributed by atoms with Crippen LogP contribution in [0.1, 0.15) is 19.3 Å². The van der Waals surface area contributed by atoms with E-state index in [2.05, 4.69) is 10.6 Å². The third-order valence-electron chi connectivity index (χ3n) is 3.33. The normalized spacial score (nSPS) is 21.9. The number of ether oxygens (including phenoxy) is 1. The van der Waals surface area contributed by atoms with Crippen molar-refractivity contribution in [1.82, 2.24) is 15.5 Å². The largest absolute Gasteiger partial charge is 0.481 e. The fourth-order valence-electron chi connectivity index (χ4n) is 2.16. The van der Waals surface area contributed by atoms with Crippen molar-refractivity contribution >= 4 is 12.0 Å². The molecule has 1 saturated carbocycles. The van der Waals surface area contributed by atoms with Gasteiger partial charge in [0, 0.05) is 19.1 Å². The van der Waals surface area contributed by atoms with Gasteiger partial charge in [0.15, 0.2) is 0 Å². The molecule has 0 aromatic rings. The number of hydrogen-bond donors (Lipinski definition) is 3. The smallest absolute Gasteiger partial charge is 0.315 e. The molecular formula is C13H25N3O4. The highest BCUT2D eigenvalue weighted by molar-refractivity contribution is 5.75. The Hall–Kier alpha value is -1.34. The molecule has 7 nitrogen and oxygen atoms in total. The lowest BCUT2D eigenvalue weighted by molar-refractivity contribution is -0.141. The molecule has 2 atom stereocenters. The lowest BCUT2D eigenvalue weighted by Crippen LogP contribution is -2.42. The van der Waals surface area contributed by atoms with Gasteiger partial charge in [0.25, 0.3) is 0 Å². The van der Waals surface area contributed by atoms with Crippen molar-refractivity contribution in [3.8, 4) is 0 Å². The van der Waals surface area contributed by atoms with Gasteiger partial charge in [-0.1, -0.05) is 0 Å². The summed E-state index contributed by atoms with van der Waals surface area (Å²) in [4.78, 5) is 24.4. The van der Waals surface area contributed by atoms with E-state index in [1.54, 1.807) is 0 Å². The average molecular weight is 287 g/mol. The number of carboxylic acids is 1. The standard InChI is InChI=1S/C13H25N3O4/c1-16(2)6-8-20-7-5-14-13(19)15-11-4-3-10(9-11)12(17)18/h10-11H,3-9H2,1-2H3,(H,17,18)(H2,14,15,19). The van der Waals surface area contributed by atoms with E-state index in [-0.39, 0.29) is 18.0 Å². The van der Waals surface area contributed by atoms with Gasteiger partial charge in [0.05, 0.1) is 19.1 Å². The fraction of sp³-hybridized carbons (Fsp3) is 0.846. The van der Waals surface area contributed by atoms with Gasteiger partial charge in [-0.25, -0.2) is 4.79 Å². The van der Waals surface area contributed by atoms with Gasteiger partial charge in [-0.3, -0.25) is 4.79 Å². The summed E-state index contributed by atoms with van der Waals surface area (Å²) >= 11 is 0. The van der Waals surface area contributed by atoms with Gasteiger partial charge in [0.1, 0.15) is 0 Å². The number of hydrogen-bond acceptors (Lipinski definition) is 4. The van der Waals surface area contributed by atoms with E-state index in [4.69, 9.17) is 9.84 Å². The first-order valence-electron chi connectivity index (χ1n) is 6.98. The zero-order valence-electron chi connectivity index (χ0n) is 12.2. The molecule has 0 bridgehead atoms. The maximum atomic E-state index is 11.6. The molecule has 7 heteroatoms. The topological polar surface area (TPSA) is 90.9 Å². The van der Waals surface area contributed by atoms with Gasteiger partial charge < -0.3 is 25.4 Å². The summed E-state index contributed by atoms with van der Waals surface area (Å²) in [5.74, 6) is -1.10. The van der Waals surface area contributed by atoms with Gasteiger partial charge >= 0.3 is 12.0 Å². The minimum absolute atomic E-state index is 0.0363. The van der Waals surface area contributed by atoms with Crippen LogP contribution >= 0.6 is 0 Å². The maximum Gasteiger partial charge on any atom is 0.315 e. The number of nitrogens with one attached hydrogen (secondary N) is 2. The summed E-state index contributed by atoms with van der Waals surface area (Å²) < 4.78 is 5.35. The third-order valence-corrected chi connectivity index (χ3v) is 3.33. The molecule has 1 rings (SSSR count). The Labute approximate surface area is 119 Å². The van der Waals surface area contributed by atoms with E-state index in [0.29, 0.717) is 32.6 Å². The van der Waals surface area contributed by atoms with Gasteiger partial charge in [-0.05, 0) is 33.4 Å². The van der Waals surface area contributed by atoms with Crippen LogP contribution in [0.3, 0.4) is 0 Å². The van der Waals surface area contributed by atoms with Crippen LogP contribution in [0.2, 0.25) is 0 Å². The second kappa shape index (κ2) is 8.76. The molecule has 0 aromatic heterocycles. The minimum Gasteiger partial charge on any atom is -0.481 e. The number of likely N-dealkylation sites (N-methyl/N-ethyl adjacent to an activating group) is 1. The second-order valence-electron chi connectivity index (χ2n) is 5.36. The highest BCUT2D eigenvalue weighted by Crippen LogP contribution is 2.25. The van der Waals surface area contributed by atoms with Crippen molar-refractivity contribution in [2.24, 2.45) is 5.92 Å². The van der Waals surface area contributed by atoms with Crippen LogP contribution in [-0.4, -0.2) is 68.4 Å². The van der Waals surface area contributed by atoms with E-state index in [0.717, 1.165) is 13.0 Å². The predicted molar refractivity (Wildman–Crippen MR) is 74.7 cm³/mol. The molecule has 0 spiro atoms. The zero-order chi connectivity index (χ0) is 15.0. The molecule has 1 aliphatic carbocycles. The highest BCUT2D eigenvalue weighted by atomic mass is 16.5. The first-order chi connectivity index (χ1) is 9.49. The van der Waals surface area contributed by atoms with E-state index < -0.39 is 5.97 Å². The van der Waals surface area contributed by atoms with Crippen LogP contribution in [-0.2, 0) is 9.53 Å². The summed E-state index contributed by atoms with van der Waals surface area (Å²) in [7, 11) is 3.95. The van der Waals surface area contributed by atoms with Crippen LogP contribution in [0.4, 0.5) is 4.79 Å². The van der Waals surface area contributed by atoms with E-state index in [9.17, 15) is 9.59 Å². The fourth-order valence-corrected chi connectivity index (χ4v) is 2.16. The predicted octanol–water partition coefficient (Wildman–Crippen LogP) is 0.117. The summed E-state index contributed by atoms with van der Waals surface area (Å²) in [5.41, 5.74) is 0. The maximum absolute atomic E-state index is 11.6. The number of amides is 2. The van der Waals surface area contributed by atoms with Crippen molar-refractivity contribution in [2.75, 3.05) is 40.4 Å². The quantitative estimate of drug-likeness (QED) is 0.552. The van der Waals surface area contributed by atoms with Gasteiger partial charge in [-0.15, -0.1) is 0 Å². The minimum atomic E-state index is -0.774. The summed E-state index contributed by atoms with van der Waals surface area (Å²) in [6, 6.07) is -0.289. The molecular weight excluding hydrogens is 262 g/mol. The van der Waals surface area contributed by atoms with E-state index >= 15 is 0 Å². The molecule has 20 heavy (non-hydrogen) atoms. The van der Waals surface area contributed by atoms with Crippen LogP contribution in [0.15, 0.2) is 0 Å². The average Bonchev–Trinajstić information content (AvgIpc) is 2.81. The first-order valence-corrected chi connectivity index (χ1v) is 6.98. The van der Waals surface area contributed by atoms with Crippen molar-refractivity contribution < 1.29 is 19.4 Å². The monoisotopic (exact) mass is 287 g/mol. The molecule has 0 radical (unpaired) electrons. The molecule has 1 fully saturated rings. The number of carbonyl (C=O) groups is 2. The Morgan fingerprint density at radius 2 is 2.05 bits per heavy atom. The molecule has 3 N–H and O–H groups in total. The van der Waals surface area contributed by atoms with Crippen molar-refractivity contribution in [1.29, 1.82) is 0 Å². The summed E-state index contributed by atoms with van der Waals surface area (Å²) in [6.07, 6.45) is 1.87. The van der Waals surface area contributed by atoms with Gasteiger partial charge in [-0.2, -0.15) is 0 Å². The molecule has 0 heterocycles. The molecule has 2 amide bonds. The number of aliphatic carboxylic acids is 1. The second-order valence-corrected chi connectivity index (χ2v) is 5.36. The lowest BCUT2D eigenvalue weighted by Gasteiger charge is -2.14. The van der Waals surface area contributed by atoms with Crippen molar-refractivity contribution in [3.05, 3.63) is 0 Å². The number of urea groups is 1. The Morgan fingerprint density at radius 1 is 1.30 bits per heavy atom. The molecule has 116 valence electrons.